The van der Waals surface area contributed by atoms with Crippen LogP contribution in [0.1, 0.15) is 87.7 Å². The van der Waals surface area contributed by atoms with Crippen molar-refractivity contribution < 1.29 is 9.35 Å². The number of likely N-dealkylation sites (tertiary alicyclic amines) is 1. The molecule has 1 amide bonds. The molecule has 44 heavy (non-hydrogen) atoms. The molecule has 1 aliphatic heterocycles. The maximum absolute atomic E-state index is 14.1. The summed E-state index contributed by atoms with van der Waals surface area (Å²) in [5, 5.41) is 10.8. The Morgan fingerprint density at radius 3 is 2.55 bits per heavy atom. The van der Waals surface area contributed by atoms with Gasteiger partial charge in [-0.15, -0.1) is 0 Å². The molecule has 5 nitrogen and oxygen atoms in total. The Balaban J connectivity index is 1.31. The fourth-order valence-electron chi connectivity index (χ4n) is 7.04. The van der Waals surface area contributed by atoms with E-state index in [1.54, 1.807) is 6.26 Å². The van der Waals surface area contributed by atoms with Gasteiger partial charge in [-0.2, -0.15) is 5.26 Å². The number of nitrogens with zero attached hydrogens (tertiary/aromatic N) is 3. The van der Waals surface area contributed by atoms with Crippen molar-refractivity contribution in [3.8, 4) is 6.07 Å². The van der Waals surface area contributed by atoms with E-state index in [-0.39, 0.29) is 11.8 Å². The fourth-order valence-corrected chi connectivity index (χ4v) is 8.19. The number of carbonyl (C=O) groups excluding carboxylic acids is 1. The number of amides is 1. The molecule has 232 valence electrons. The van der Waals surface area contributed by atoms with Crippen molar-refractivity contribution in [3.63, 3.8) is 0 Å². The Morgan fingerprint density at radius 2 is 1.84 bits per heavy atom. The van der Waals surface area contributed by atoms with Crippen LogP contribution in [0, 0.1) is 18.3 Å². The number of carbonyl (C=O) groups is 1. The van der Waals surface area contributed by atoms with Crippen molar-refractivity contribution in [1.82, 2.24) is 9.80 Å². The van der Waals surface area contributed by atoms with E-state index in [0.29, 0.717) is 33.6 Å². The minimum absolute atomic E-state index is 0.0180. The quantitative estimate of drug-likeness (QED) is 0.221. The number of hydrogen-bond donors (Lipinski definition) is 0. The predicted octanol–water partition coefficient (Wildman–Crippen LogP) is 7.92. The van der Waals surface area contributed by atoms with Crippen LogP contribution in [0.4, 0.5) is 0 Å². The lowest BCUT2D eigenvalue weighted by Gasteiger charge is -2.34. The van der Waals surface area contributed by atoms with E-state index in [2.05, 4.69) is 17.0 Å². The van der Waals surface area contributed by atoms with Crippen LogP contribution in [-0.4, -0.2) is 59.7 Å². The maximum Gasteiger partial charge on any atom is 0.254 e. The third-order valence-corrected chi connectivity index (χ3v) is 11.3. The summed E-state index contributed by atoms with van der Waals surface area (Å²) < 4.78 is 12.3. The molecule has 0 bridgehead atoms. The molecule has 0 unspecified atom stereocenters. The van der Waals surface area contributed by atoms with Crippen molar-refractivity contribution in [3.05, 3.63) is 97.5 Å². The number of halogens is 2. The molecule has 0 radical (unpaired) electrons. The van der Waals surface area contributed by atoms with Gasteiger partial charge in [0, 0.05) is 30.6 Å². The van der Waals surface area contributed by atoms with E-state index in [9.17, 15) is 14.6 Å². The lowest BCUT2D eigenvalue weighted by molar-refractivity contribution is 0.0779. The first-order valence-electron chi connectivity index (χ1n) is 15.6. The summed E-state index contributed by atoms with van der Waals surface area (Å²) in [5.41, 5.74) is 6.65. The number of likely N-dealkylation sites (N-methyl/N-ethyl adjacent to an activating group) is 1. The van der Waals surface area contributed by atoms with Gasteiger partial charge >= 0.3 is 0 Å². The molecule has 1 aliphatic carbocycles. The molecule has 0 spiro atoms. The van der Waals surface area contributed by atoms with E-state index in [0.717, 1.165) is 91.7 Å². The van der Waals surface area contributed by atoms with Crippen LogP contribution in [0.25, 0.3) is 0 Å². The third-order valence-electron chi connectivity index (χ3n) is 9.55. The number of aryl methyl sites for hydroxylation is 1. The van der Waals surface area contributed by atoms with Gasteiger partial charge in [0.1, 0.15) is 6.26 Å². The second-order valence-corrected chi connectivity index (χ2v) is 14.5. The molecule has 0 saturated carbocycles. The summed E-state index contributed by atoms with van der Waals surface area (Å²) in [7, 11) is 1.88. The molecule has 3 aromatic rings. The monoisotopic (exact) mass is 649 g/mol. The average Bonchev–Trinajstić information content (AvgIpc) is 3.04. The highest BCUT2D eigenvalue weighted by atomic mass is 35.5. The van der Waals surface area contributed by atoms with E-state index in [1.165, 1.54) is 5.56 Å². The number of nitriles is 1. The van der Waals surface area contributed by atoms with Gasteiger partial charge in [-0.05, 0) is 135 Å². The highest BCUT2D eigenvalue weighted by molar-refractivity contribution is 7.90. The second-order valence-electron chi connectivity index (χ2n) is 12.3. The van der Waals surface area contributed by atoms with E-state index in [4.69, 9.17) is 23.2 Å². The van der Waals surface area contributed by atoms with Gasteiger partial charge in [0.15, 0.2) is 4.90 Å². The number of benzene rings is 3. The van der Waals surface area contributed by atoms with Crippen molar-refractivity contribution in [2.45, 2.75) is 68.6 Å². The van der Waals surface area contributed by atoms with Crippen LogP contribution in [0.2, 0.25) is 10.0 Å². The minimum atomic E-state index is -0.996. The van der Waals surface area contributed by atoms with Crippen molar-refractivity contribution in [2.24, 2.45) is 0 Å². The predicted molar refractivity (Wildman–Crippen MR) is 181 cm³/mol. The SMILES string of the molecule is Cc1c(C#N)cc2c(c1C(=O)N(C)C[C@@H](CCN1CCC(c3ccccc3[S@+](C)[O-])CC1)c1ccc(Cl)c(Cl)c1)CCCC2. The normalized spacial score (nSPS) is 17.0. The van der Waals surface area contributed by atoms with Crippen LogP contribution >= 0.6 is 23.2 Å². The topological polar surface area (TPSA) is 70.4 Å². The summed E-state index contributed by atoms with van der Waals surface area (Å²) in [6, 6.07) is 18.2. The van der Waals surface area contributed by atoms with Crippen LogP contribution in [0.3, 0.4) is 0 Å². The van der Waals surface area contributed by atoms with Crippen LogP contribution in [-0.2, 0) is 24.0 Å². The van der Waals surface area contributed by atoms with Crippen LogP contribution in [0.15, 0.2) is 53.4 Å². The van der Waals surface area contributed by atoms with Gasteiger partial charge in [0.2, 0.25) is 0 Å². The summed E-state index contributed by atoms with van der Waals surface area (Å²) in [6.07, 6.45) is 8.63. The van der Waals surface area contributed by atoms with Gasteiger partial charge in [-0.3, -0.25) is 4.79 Å². The zero-order valence-electron chi connectivity index (χ0n) is 25.9. The van der Waals surface area contributed by atoms with E-state index >= 15 is 0 Å². The Bertz CT molecular complexity index is 1550. The van der Waals surface area contributed by atoms with Gasteiger partial charge in [0.25, 0.3) is 5.91 Å². The van der Waals surface area contributed by atoms with E-state index in [1.807, 2.05) is 61.3 Å². The lowest BCUT2D eigenvalue weighted by Crippen LogP contribution is -2.37. The highest BCUT2D eigenvalue weighted by Gasteiger charge is 2.29. The Labute approximate surface area is 275 Å². The fraction of sp³-hybridized carbons (Fsp3) is 0.444. The Hall–Kier alpha value is -2.53. The molecule has 1 fully saturated rings. The molecular formula is C36H41Cl2N3O2S. The Kier molecular flexibility index (Phi) is 11.0. The first-order chi connectivity index (χ1) is 21.2. The number of piperidine rings is 1. The zero-order chi connectivity index (χ0) is 31.4. The number of rotatable bonds is 9. The van der Waals surface area contributed by atoms with Crippen LogP contribution < -0.4 is 0 Å². The molecule has 0 N–H and O–H groups in total. The summed E-state index contributed by atoms with van der Waals surface area (Å²) in [5.74, 6) is 0.463. The first kappa shape index (κ1) is 32.9. The van der Waals surface area contributed by atoms with Gasteiger partial charge in [-0.1, -0.05) is 47.5 Å². The molecular weight excluding hydrogens is 609 g/mol. The summed E-state index contributed by atoms with van der Waals surface area (Å²) >= 11 is 11.8. The molecule has 2 atom stereocenters. The van der Waals surface area contributed by atoms with Gasteiger partial charge in [-0.25, -0.2) is 0 Å². The zero-order valence-corrected chi connectivity index (χ0v) is 28.2. The number of hydrogen-bond acceptors (Lipinski definition) is 4. The second kappa shape index (κ2) is 14.7. The molecule has 3 aromatic carbocycles. The molecule has 5 rings (SSSR count). The van der Waals surface area contributed by atoms with Gasteiger partial charge < -0.3 is 14.4 Å². The van der Waals surface area contributed by atoms with Crippen LogP contribution in [0.5, 0.6) is 0 Å². The highest BCUT2D eigenvalue weighted by Crippen LogP contribution is 2.35. The largest absolute Gasteiger partial charge is 0.612 e. The third kappa shape index (κ3) is 7.30. The number of fused-ring (bicyclic) bond motifs is 1. The standard InChI is InChI=1S/C36H41Cl2N3O2S/c1-24-29(22-39)20-27-8-4-5-10-31(27)35(24)36(42)40(2)23-28(26-12-13-32(37)33(38)21-26)16-19-41-17-14-25(15-18-41)30-9-6-7-11-34(30)44(3)43/h6-7,9,11-13,20-21,25,28H,4-5,8,10,14-19,23H2,1-3H3/t28-,44+/m1/s1. The molecule has 8 heteroatoms. The smallest absolute Gasteiger partial charge is 0.254 e. The molecule has 0 aromatic heterocycles. The lowest BCUT2D eigenvalue weighted by atomic mass is 9.83. The summed E-state index contributed by atoms with van der Waals surface area (Å²) in [4.78, 5) is 19.4. The van der Waals surface area contributed by atoms with Crippen molar-refractivity contribution in [2.75, 3.05) is 39.5 Å². The average molecular weight is 651 g/mol. The molecule has 2 aliphatic rings. The molecule has 1 heterocycles. The maximum atomic E-state index is 14.1. The van der Waals surface area contributed by atoms with E-state index < -0.39 is 11.2 Å². The Morgan fingerprint density at radius 1 is 1.11 bits per heavy atom. The van der Waals surface area contributed by atoms with Crippen molar-refractivity contribution in [1.29, 1.82) is 5.26 Å². The molecule has 1 saturated heterocycles. The summed E-state index contributed by atoms with van der Waals surface area (Å²) in [6.45, 7) is 5.30. The van der Waals surface area contributed by atoms with Gasteiger partial charge in [0.05, 0.1) is 21.7 Å². The minimum Gasteiger partial charge on any atom is -0.612 e. The first-order valence-corrected chi connectivity index (χ1v) is 17.9. The van der Waals surface area contributed by atoms with Crippen molar-refractivity contribution >= 4 is 40.3 Å².